The van der Waals surface area contributed by atoms with Gasteiger partial charge in [0.2, 0.25) is 17.0 Å². The molecule has 36 heavy (non-hydrogen) atoms. The number of anilines is 2. The lowest BCUT2D eigenvalue weighted by atomic mass is 9.80. The fourth-order valence-electron chi connectivity index (χ4n) is 4.51. The number of Topliss-reactive ketones (excluding diaryl/α,β-unsaturated/α-hetero) is 1. The van der Waals surface area contributed by atoms with Crippen LogP contribution in [0.25, 0.3) is 11.1 Å². The number of amides is 1. The Morgan fingerprint density at radius 2 is 1.97 bits per heavy atom. The topological polar surface area (TPSA) is 140 Å². The zero-order valence-corrected chi connectivity index (χ0v) is 20.2. The van der Waals surface area contributed by atoms with E-state index in [-0.39, 0.29) is 24.6 Å². The van der Waals surface area contributed by atoms with E-state index in [1.807, 2.05) is 42.5 Å². The van der Waals surface area contributed by atoms with Crippen molar-refractivity contribution in [2.75, 3.05) is 10.2 Å². The molecule has 2 aliphatic rings. The summed E-state index contributed by atoms with van der Waals surface area (Å²) < 4.78 is 5.87. The summed E-state index contributed by atoms with van der Waals surface area (Å²) in [6.45, 7) is 0. The zero-order valence-electron chi connectivity index (χ0n) is 18.6. The van der Waals surface area contributed by atoms with Crippen molar-refractivity contribution >= 4 is 62.8 Å². The first-order chi connectivity index (χ1) is 17.5. The second-order valence-electron chi connectivity index (χ2n) is 8.34. The molecule has 3 N–H and O–H groups in total. The highest BCUT2D eigenvalue weighted by Crippen LogP contribution is 2.44. The highest BCUT2D eigenvalue weighted by Gasteiger charge is 2.43. The quantitative estimate of drug-likeness (QED) is 0.411. The number of oxazole rings is 1. The van der Waals surface area contributed by atoms with Crippen LogP contribution in [-0.2, 0) is 9.59 Å². The van der Waals surface area contributed by atoms with E-state index in [0.29, 0.717) is 44.0 Å². The van der Waals surface area contributed by atoms with Crippen molar-refractivity contribution in [2.45, 2.75) is 18.9 Å². The van der Waals surface area contributed by atoms with Gasteiger partial charge in [0.1, 0.15) is 17.1 Å². The summed E-state index contributed by atoms with van der Waals surface area (Å²) in [5.74, 6) is -1.12. The molecule has 1 amide bonds. The number of guanidine groups is 1. The van der Waals surface area contributed by atoms with E-state index >= 15 is 0 Å². The molecule has 2 aromatic carbocycles. The Morgan fingerprint density at radius 3 is 2.72 bits per heavy atom. The van der Waals surface area contributed by atoms with Crippen LogP contribution in [0.4, 0.5) is 11.1 Å². The zero-order chi connectivity index (χ0) is 24.8. The Labute approximate surface area is 213 Å². The lowest BCUT2D eigenvalue weighted by Gasteiger charge is -2.38. The molecule has 0 spiro atoms. The first kappa shape index (κ1) is 22.4. The molecule has 0 bridgehead atoms. The Bertz CT molecular complexity index is 1530. The van der Waals surface area contributed by atoms with Crippen molar-refractivity contribution in [1.29, 1.82) is 0 Å². The number of allylic oxidation sites excluding steroid dienone is 1. The minimum Gasteiger partial charge on any atom is -0.423 e. The van der Waals surface area contributed by atoms with Gasteiger partial charge in [0.05, 0.1) is 5.92 Å². The minimum absolute atomic E-state index is 0.00247. The summed E-state index contributed by atoms with van der Waals surface area (Å²) in [7, 11) is 0. The van der Waals surface area contributed by atoms with E-state index in [9.17, 15) is 9.59 Å². The maximum absolute atomic E-state index is 13.4. The van der Waals surface area contributed by atoms with Crippen LogP contribution in [-0.4, -0.2) is 32.8 Å². The van der Waals surface area contributed by atoms with Gasteiger partial charge in [-0.3, -0.25) is 19.8 Å². The number of nitrogens with two attached hydrogens (primary N) is 1. The Morgan fingerprint density at radius 1 is 1.17 bits per heavy atom. The highest BCUT2D eigenvalue weighted by atomic mass is 35.5. The predicted molar refractivity (Wildman–Crippen MR) is 136 cm³/mol. The van der Waals surface area contributed by atoms with Crippen LogP contribution in [0.5, 0.6) is 0 Å². The van der Waals surface area contributed by atoms with Crippen molar-refractivity contribution in [3.8, 4) is 0 Å². The van der Waals surface area contributed by atoms with Gasteiger partial charge >= 0.3 is 6.01 Å². The fraction of sp³-hybridized carbons (Fsp3) is 0.167. The Kier molecular flexibility index (Phi) is 5.50. The van der Waals surface area contributed by atoms with Crippen LogP contribution in [0.1, 0.15) is 24.4 Å². The molecule has 4 aromatic rings. The number of fused-ring (bicyclic) bond motifs is 1. The average molecular weight is 520 g/mol. The molecule has 3 heterocycles. The standard InChI is InChI=1S/C24H18ClN7O3S/c25-14-6-2-1-5-13(14)20-19-16(9-12(21(26)34)10-17(19)33)32(24-31-27-11-36-24)22(29-20)30-23-28-15-7-3-4-8-18(15)35-23/h1-8,11-12,20H,9-10H2,(H2,26,34)(H,28,29,30). The number of aliphatic imine (C=N–C) groups is 1. The van der Waals surface area contributed by atoms with Gasteiger partial charge in [-0.25, -0.2) is 4.99 Å². The molecule has 2 unspecified atom stereocenters. The maximum atomic E-state index is 13.4. The summed E-state index contributed by atoms with van der Waals surface area (Å²) >= 11 is 7.81. The number of nitrogens with zero attached hydrogens (tertiary/aromatic N) is 5. The molecule has 2 aromatic heterocycles. The molecule has 0 fully saturated rings. The van der Waals surface area contributed by atoms with E-state index in [4.69, 9.17) is 26.7 Å². The smallest absolute Gasteiger partial charge is 0.302 e. The second-order valence-corrected chi connectivity index (χ2v) is 9.56. The Balaban J connectivity index is 1.53. The van der Waals surface area contributed by atoms with Crippen LogP contribution in [0.2, 0.25) is 5.02 Å². The number of para-hydroxylation sites is 2. The summed E-state index contributed by atoms with van der Waals surface area (Å²) in [5.41, 5.74) is 10.1. The van der Waals surface area contributed by atoms with Gasteiger partial charge in [0.25, 0.3) is 0 Å². The van der Waals surface area contributed by atoms with Gasteiger partial charge in [-0.1, -0.05) is 53.3 Å². The third-order valence-corrected chi connectivity index (χ3v) is 7.16. The monoisotopic (exact) mass is 519 g/mol. The van der Waals surface area contributed by atoms with Gasteiger partial charge in [-0.05, 0) is 23.8 Å². The van der Waals surface area contributed by atoms with E-state index in [1.54, 1.807) is 16.5 Å². The average Bonchev–Trinajstić information content (AvgIpc) is 3.53. The molecule has 1 aliphatic carbocycles. The largest absolute Gasteiger partial charge is 0.423 e. The van der Waals surface area contributed by atoms with Crippen molar-refractivity contribution in [2.24, 2.45) is 16.6 Å². The van der Waals surface area contributed by atoms with Crippen molar-refractivity contribution in [3.05, 3.63) is 75.9 Å². The molecule has 0 saturated heterocycles. The molecule has 0 saturated carbocycles. The van der Waals surface area contributed by atoms with Crippen molar-refractivity contribution in [1.82, 2.24) is 15.2 Å². The number of ketones is 1. The fourth-order valence-corrected chi connectivity index (χ4v) is 5.33. The van der Waals surface area contributed by atoms with Gasteiger partial charge in [0, 0.05) is 29.1 Å². The number of carbonyl (C=O) groups excluding carboxylic acids is 2. The van der Waals surface area contributed by atoms with E-state index in [1.165, 1.54) is 11.3 Å². The number of hydrogen-bond donors (Lipinski definition) is 2. The first-order valence-corrected chi connectivity index (χ1v) is 12.3. The maximum Gasteiger partial charge on any atom is 0.302 e. The van der Waals surface area contributed by atoms with Crippen LogP contribution < -0.4 is 16.0 Å². The first-order valence-electron chi connectivity index (χ1n) is 11.1. The van der Waals surface area contributed by atoms with Crippen LogP contribution in [0.15, 0.2) is 74.7 Å². The van der Waals surface area contributed by atoms with Crippen molar-refractivity contribution in [3.63, 3.8) is 0 Å². The van der Waals surface area contributed by atoms with Gasteiger partial charge in [-0.2, -0.15) is 4.98 Å². The summed E-state index contributed by atoms with van der Waals surface area (Å²) in [5, 5.41) is 12.2. The van der Waals surface area contributed by atoms with Crippen molar-refractivity contribution < 1.29 is 14.0 Å². The number of halogens is 1. The number of benzene rings is 2. The SMILES string of the molecule is NC(=O)C1CC(=O)C2=C(C1)N(c1nncs1)C(Nc1nc3ccccc3o1)=NC2c1ccccc1Cl. The molecular formula is C24H18ClN7O3S. The highest BCUT2D eigenvalue weighted by molar-refractivity contribution is 7.13. The molecule has 0 radical (unpaired) electrons. The molecular weight excluding hydrogens is 502 g/mol. The molecule has 180 valence electrons. The third kappa shape index (κ3) is 3.82. The molecule has 6 rings (SSSR count). The van der Waals surface area contributed by atoms with Gasteiger partial charge in [-0.15, -0.1) is 10.2 Å². The number of nitrogens with one attached hydrogen (secondary N) is 1. The summed E-state index contributed by atoms with van der Waals surface area (Å²) in [4.78, 5) is 36.7. The number of primary amides is 1. The molecule has 12 heteroatoms. The molecule has 2 atom stereocenters. The second kappa shape index (κ2) is 8.85. The number of aromatic nitrogens is 3. The minimum atomic E-state index is -0.717. The Hall–Kier alpha value is -4.09. The lowest BCUT2D eigenvalue weighted by molar-refractivity contribution is -0.126. The predicted octanol–water partition coefficient (Wildman–Crippen LogP) is 4.08. The summed E-state index contributed by atoms with van der Waals surface area (Å²) in [6.07, 6.45) is 0.230. The van der Waals surface area contributed by atoms with E-state index < -0.39 is 17.9 Å². The van der Waals surface area contributed by atoms with E-state index in [0.717, 1.165) is 0 Å². The normalized spacial score (nSPS) is 19.9. The van der Waals surface area contributed by atoms with Crippen LogP contribution >= 0.6 is 22.9 Å². The number of rotatable bonds is 4. The number of carbonyl (C=O) groups is 2. The summed E-state index contributed by atoms with van der Waals surface area (Å²) in [6, 6.07) is 14.1. The van der Waals surface area contributed by atoms with Gasteiger partial charge in [0.15, 0.2) is 11.4 Å². The molecule has 1 aliphatic heterocycles. The van der Waals surface area contributed by atoms with Crippen LogP contribution in [0, 0.1) is 5.92 Å². The van der Waals surface area contributed by atoms with Crippen LogP contribution in [0.3, 0.4) is 0 Å². The third-order valence-electron chi connectivity index (χ3n) is 6.14. The molecule has 10 nitrogen and oxygen atoms in total. The van der Waals surface area contributed by atoms with E-state index in [2.05, 4.69) is 20.5 Å². The number of hydrogen-bond acceptors (Lipinski definition) is 10. The van der Waals surface area contributed by atoms with Gasteiger partial charge < -0.3 is 10.2 Å². The lowest BCUT2D eigenvalue weighted by Crippen LogP contribution is -2.45.